The van der Waals surface area contributed by atoms with Crippen LogP contribution in [-0.4, -0.2) is 29.7 Å². The zero-order chi connectivity index (χ0) is 20.5. The van der Waals surface area contributed by atoms with Crippen molar-refractivity contribution >= 4 is 32.7 Å². The Balaban J connectivity index is 1.77. The second-order valence-corrected chi connectivity index (χ2v) is 8.45. The number of carbonyl (C=O) groups is 1. The van der Waals surface area contributed by atoms with Crippen LogP contribution in [0.25, 0.3) is 11.0 Å². The normalized spacial score (nSPS) is 12.7. The minimum Gasteiger partial charge on any atom is -0.348 e. The van der Waals surface area contributed by atoms with Crippen LogP contribution in [0.1, 0.15) is 18.5 Å². The average molecular weight is 402 g/mol. The van der Waals surface area contributed by atoms with Gasteiger partial charge in [0.2, 0.25) is 15.9 Å². The van der Waals surface area contributed by atoms with Gasteiger partial charge in [0.25, 0.3) is 0 Å². The van der Waals surface area contributed by atoms with Crippen molar-refractivity contribution in [3.63, 3.8) is 0 Å². The summed E-state index contributed by atoms with van der Waals surface area (Å²) in [6.07, 6.45) is 1.08. The van der Waals surface area contributed by atoms with Crippen LogP contribution >= 0.6 is 0 Å². The molecule has 0 aliphatic carbocycles. The number of fused-ring (bicyclic) bond motifs is 1. The predicted octanol–water partition coefficient (Wildman–Crippen LogP) is 1.59. The van der Waals surface area contributed by atoms with E-state index in [1.54, 1.807) is 44.3 Å². The summed E-state index contributed by atoms with van der Waals surface area (Å²) in [5.74, 6) is -0.313. The molecule has 8 nitrogen and oxygen atoms in total. The second kappa shape index (κ2) is 7.51. The lowest BCUT2D eigenvalue weighted by Crippen LogP contribution is -2.34. The number of para-hydroxylation sites is 2. The molecule has 0 saturated carbocycles. The molecule has 2 aromatic carbocycles. The molecule has 148 valence electrons. The highest BCUT2D eigenvalue weighted by Gasteiger charge is 2.15. The Morgan fingerprint density at radius 2 is 1.79 bits per heavy atom. The smallest absolute Gasteiger partial charge is 0.329 e. The van der Waals surface area contributed by atoms with E-state index in [-0.39, 0.29) is 24.2 Å². The topological polar surface area (TPSA) is 102 Å². The summed E-state index contributed by atoms with van der Waals surface area (Å²) in [5.41, 5.74) is 2.35. The van der Waals surface area contributed by atoms with Gasteiger partial charge in [0, 0.05) is 12.7 Å². The number of amides is 1. The Morgan fingerprint density at radius 3 is 2.46 bits per heavy atom. The number of aromatic nitrogens is 2. The molecule has 3 rings (SSSR count). The maximum absolute atomic E-state index is 12.5. The van der Waals surface area contributed by atoms with E-state index in [4.69, 9.17) is 0 Å². The lowest BCUT2D eigenvalue weighted by atomic mass is 10.1. The van der Waals surface area contributed by atoms with E-state index >= 15 is 0 Å². The number of rotatable bonds is 6. The Kier molecular flexibility index (Phi) is 5.28. The van der Waals surface area contributed by atoms with Crippen LogP contribution in [0.2, 0.25) is 0 Å². The number of carbonyl (C=O) groups excluding carboxylic acids is 1. The zero-order valence-electron chi connectivity index (χ0n) is 15.8. The monoisotopic (exact) mass is 402 g/mol. The summed E-state index contributed by atoms with van der Waals surface area (Å²) in [6, 6.07) is 13.7. The summed E-state index contributed by atoms with van der Waals surface area (Å²) in [7, 11) is -1.72. The fraction of sp³-hybridized carbons (Fsp3) is 0.263. The number of sulfonamides is 1. The van der Waals surface area contributed by atoms with Gasteiger partial charge in [-0.25, -0.2) is 13.2 Å². The quantitative estimate of drug-likeness (QED) is 0.654. The van der Waals surface area contributed by atoms with E-state index in [0.29, 0.717) is 11.2 Å². The minimum atomic E-state index is -3.38. The summed E-state index contributed by atoms with van der Waals surface area (Å²) in [5, 5.41) is 2.85. The first-order valence-corrected chi connectivity index (χ1v) is 10.6. The lowest BCUT2D eigenvalue weighted by Gasteiger charge is -2.16. The zero-order valence-corrected chi connectivity index (χ0v) is 16.7. The first-order valence-electron chi connectivity index (χ1n) is 8.67. The van der Waals surface area contributed by atoms with Crippen LogP contribution in [0.15, 0.2) is 53.3 Å². The second-order valence-electron chi connectivity index (χ2n) is 6.71. The molecule has 0 spiro atoms. The standard InChI is InChI=1S/C19H22N4O4S/c1-13(14-7-6-8-15(11-14)21-28(3,26)27)20-18(24)12-23-17-10-5-4-9-16(17)22(2)19(23)25/h4-11,13,21H,12H2,1-3H3,(H,20,24). The van der Waals surface area contributed by atoms with E-state index in [2.05, 4.69) is 10.0 Å². The van der Waals surface area contributed by atoms with Gasteiger partial charge in [-0.05, 0) is 36.8 Å². The van der Waals surface area contributed by atoms with Crippen LogP contribution < -0.4 is 15.7 Å². The molecule has 1 heterocycles. The molecule has 28 heavy (non-hydrogen) atoms. The third-order valence-electron chi connectivity index (χ3n) is 4.42. The van der Waals surface area contributed by atoms with Crippen LogP contribution in [0.4, 0.5) is 5.69 Å². The largest absolute Gasteiger partial charge is 0.348 e. The Bertz CT molecular complexity index is 1190. The fourth-order valence-corrected chi connectivity index (χ4v) is 3.67. The molecule has 1 atom stereocenters. The molecule has 0 aliphatic rings. The molecule has 9 heteroatoms. The first kappa shape index (κ1) is 19.7. The molecule has 1 unspecified atom stereocenters. The molecule has 0 aliphatic heterocycles. The summed E-state index contributed by atoms with van der Waals surface area (Å²) in [4.78, 5) is 25.0. The van der Waals surface area contributed by atoms with Crippen LogP contribution in [0.5, 0.6) is 0 Å². The number of aryl methyl sites for hydroxylation is 1. The molecule has 0 saturated heterocycles. The van der Waals surface area contributed by atoms with Gasteiger partial charge >= 0.3 is 5.69 Å². The number of hydrogen-bond acceptors (Lipinski definition) is 4. The first-order chi connectivity index (χ1) is 13.2. The van der Waals surface area contributed by atoms with Crippen LogP contribution in [0.3, 0.4) is 0 Å². The molecule has 0 fully saturated rings. The number of benzene rings is 2. The van der Waals surface area contributed by atoms with Crippen molar-refractivity contribution in [3.05, 3.63) is 64.6 Å². The molecular weight excluding hydrogens is 380 g/mol. The molecule has 0 bridgehead atoms. The van der Waals surface area contributed by atoms with Gasteiger partial charge in [0.05, 0.1) is 23.3 Å². The molecule has 0 radical (unpaired) electrons. The van der Waals surface area contributed by atoms with Crippen molar-refractivity contribution in [2.75, 3.05) is 11.0 Å². The summed E-state index contributed by atoms with van der Waals surface area (Å²) in [6.45, 7) is 1.69. The highest BCUT2D eigenvalue weighted by Crippen LogP contribution is 2.18. The number of hydrogen-bond donors (Lipinski definition) is 2. The SMILES string of the molecule is CC(NC(=O)Cn1c(=O)n(C)c2ccccc21)c1cccc(NS(C)(=O)=O)c1. The van der Waals surface area contributed by atoms with E-state index < -0.39 is 10.0 Å². The molecule has 1 aromatic heterocycles. The van der Waals surface area contributed by atoms with Gasteiger partial charge in [0.1, 0.15) is 6.54 Å². The number of nitrogens with zero attached hydrogens (tertiary/aromatic N) is 2. The fourth-order valence-electron chi connectivity index (χ4n) is 3.12. The highest BCUT2D eigenvalue weighted by molar-refractivity contribution is 7.92. The Labute approximate surface area is 162 Å². The summed E-state index contributed by atoms with van der Waals surface area (Å²) < 4.78 is 28.1. The van der Waals surface area contributed by atoms with Gasteiger partial charge in [-0.1, -0.05) is 24.3 Å². The van der Waals surface area contributed by atoms with E-state index in [1.165, 1.54) is 9.13 Å². The Morgan fingerprint density at radius 1 is 1.11 bits per heavy atom. The van der Waals surface area contributed by atoms with Crippen LogP contribution in [-0.2, 0) is 28.4 Å². The summed E-state index contributed by atoms with van der Waals surface area (Å²) >= 11 is 0. The van der Waals surface area contributed by atoms with Gasteiger partial charge in [-0.15, -0.1) is 0 Å². The lowest BCUT2D eigenvalue weighted by molar-refractivity contribution is -0.122. The Hall–Kier alpha value is -3.07. The molecule has 2 N–H and O–H groups in total. The molecule has 3 aromatic rings. The van der Waals surface area contributed by atoms with E-state index in [9.17, 15) is 18.0 Å². The van der Waals surface area contributed by atoms with Crippen molar-refractivity contribution in [3.8, 4) is 0 Å². The van der Waals surface area contributed by atoms with Gasteiger partial charge in [0.15, 0.2) is 0 Å². The minimum absolute atomic E-state index is 0.105. The van der Waals surface area contributed by atoms with Crippen molar-refractivity contribution in [1.29, 1.82) is 0 Å². The maximum Gasteiger partial charge on any atom is 0.329 e. The highest BCUT2D eigenvalue weighted by atomic mass is 32.2. The molecule has 1 amide bonds. The van der Waals surface area contributed by atoms with Gasteiger partial charge < -0.3 is 5.32 Å². The average Bonchev–Trinajstić information content (AvgIpc) is 2.86. The van der Waals surface area contributed by atoms with Gasteiger partial charge in [-0.2, -0.15) is 0 Å². The van der Waals surface area contributed by atoms with E-state index in [1.807, 2.05) is 18.2 Å². The number of nitrogens with one attached hydrogen (secondary N) is 2. The van der Waals surface area contributed by atoms with E-state index in [0.717, 1.165) is 17.3 Å². The predicted molar refractivity (Wildman–Crippen MR) is 109 cm³/mol. The van der Waals surface area contributed by atoms with Gasteiger partial charge in [-0.3, -0.25) is 18.7 Å². The maximum atomic E-state index is 12.5. The third-order valence-corrected chi connectivity index (χ3v) is 5.03. The molecular formula is C19H22N4O4S. The van der Waals surface area contributed by atoms with Crippen molar-refractivity contribution in [1.82, 2.24) is 14.5 Å². The number of anilines is 1. The van der Waals surface area contributed by atoms with Crippen molar-refractivity contribution < 1.29 is 13.2 Å². The number of imidazole rings is 1. The van der Waals surface area contributed by atoms with Crippen molar-refractivity contribution in [2.45, 2.75) is 19.5 Å². The van der Waals surface area contributed by atoms with Crippen molar-refractivity contribution in [2.24, 2.45) is 7.05 Å². The van der Waals surface area contributed by atoms with Crippen LogP contribution in [0, 0.1) is 0 Å². The third kappa shape index (κ3) is 4.25.